The lowest BCUT2D eigenvalue weighted by atomic mass is 10.2. The van der Waals surface area contributed by atoms with Gasteiger partial charge in [-0.25, -0.2) is 8.42 Å². The van der Waals surface area contributed by atoms with Crippen LogP contribution in [0, 0.1) is 6.92 Å². The van der Waals surface area contributed by atoms with Gasteiger partial charge in [0, 0.05) is 13.2 Å². The normalized spacial score (nSPS) is 29.5. The van der Waals surface area contributed by atoms with Crippen LogP contribution in [0.15, 0.2) is 29.2 Å². The lowest BCUT2D eigenvalue weighted by molar-refractivity contribution is -0.0470. The highest BCUT2D eigenvalue weighted by molar-refractivity contribution is 7.89. The first kappa shape index (κ1) is 15.9. The first-order valence-corrected chi connectivity index (χ1v) is 9.29. The molecule has 3 rings (SSSR count). The van der Waals surface area contributed by atoms with Crippen LogP contribution in [0.4, 0.5) is 0 Å². The van der Waals surface area contributed by atoms with Crippen molar-refractivity contribution in [1.29, 1.82) is 0 Å². The van der Waals surface area contributed by atoms with Gasteiger partial charge in [-0.2, -0.15) is 4.31 Å². The molecule has 1 aliphatic carbocycles. The van der Waals surface area contributed by atoms with Gasteiger partial charge in [0.25, 0.3) is 0 Å². The number of ether oxygens (including phenoxy) is 2. The van der Waals surface area contributed by atoms with Crippen molar-refractivity contribution < 1.29 is 17.9 Å². The number of benzene rings is 1. The fraction of sp³-hybridized carbons (Fsp3) is 0.625. The molecule has 1 saturated heterocycles. The zero-order valence-corrected chi connectivity index (χ0v) is 13.9. The van der Waals surface area contributed by atoms with E-state index in [1.807, 2.05) is 26.0 Å². The monoisotopic (exact) mass is 325 g/mol. The highest BCUT2D eigenvalue weighted by Crippen LogP contribution is 2.35. The Kier molecular flexibility index (Phi) is 4.54. The fourth-order valence-corrected chi connectivity index (χ4v) is 5.06. The molecule has 1 aromatic rings. The van der Waals surface area contributed by atoms with Gasteiger partial charge in [-0.05, 0) is 38.8 Å². The molecule has 5 nitrogen and oxygen atoms in total. The predicted octanol–water partition coefficient (Wildman–Crippen LogP) is 1.95. The standard InChI is InChI=1S/C16H23NO4S/c1-3-20-16-14-8-9-15(16)21-11-10-17(14)22(18,19)13-6-4-12(2)5-7-13/h4-7,14-16H,3,8-11H2,1-2H3. The van der Waals surface area contributed by atoms with Crippen LogP contribution in [0.2, 0.25) is 0 Å². The van der Waals surface area contributed by atoms with Crippen LogP contribution in [-0.2, 0) is 19.5 Å². The minimum absolute atomic E-state index is 0.0168. The molecule has 3 atom stereocenters. The zero-order chi connectivity index (χ0) is 15.7. The van der Waals surface area contributed by atoms with Crippen LogP contribution in [0.3, 0.4) is 0 Å². The largest absolute Gasteiger partial charge is 0.374 e. The summed E-state index contributed by atoms with van der Waals surface area (Å²) in [5.41, 5.74) is 1.05. The van der Waals surface area contributed by atoms with Crippen molar-refractivity contribution in [2.45, 2.75) is 49.8 Å². The van der Waals surface area contributed by atoms with E-state index in [0.717, 1.165) is 18.4 Å². The molecule has 6 heteroatoms. The number of hydrogen-bond acceptors (Lipinski definition) is 4. The summed E-state index contributed by atoms with van der Waals surface area (Å²) in [6, 6.07) is 6.90. The van der Waals surface area contributed by atoms with Crippen LogP contribution in [-0.4, -0.2) is 50.7 Å². The fourth-order valence-electron chi connectivity index (χ4n) is 3.41. The van der Waals surface area contributed by atoms with E-state index in [4.69, 9.17) is 9.47 Å². The molecule has 0 aromatic heterocycles. The van der Waals surface area contributed by atoms with Crippen molar-refractivity contribution in [1.82, 2.24) is 4.31 Å². The topological polar surface area (TPSA) is 55.8 Å². The predicted molar refractivity (Wildman–Crippen MR) is 83.2 cm³/mol. The van der Waals surface area contributed by atoms with Crippen molar-refractivity contribution in [2.75, 3.05) is 19.8 Å². The molecule has 2 fully saturated rings. The van der Waals surface area contributed by atoms with E-state index in [0.29, 0.717) is 24.7 Å². The SMILES string of the molecule is CCOC1C2CCC1N(S(=O)(=O)c1ccc(C)cc1)CCO2. The van der Waals surface area contributed by atoms with Gasteiger partial charge in [0.05, 0.1) is 23.6 Å². The summed E-state index contributed by atoms with van der Waals surface area (Å²) in [6.45, 7) is 5.27. The van der Waals surface area contributed by atoms with Crippen LogP contribution in [0.25, 0.3) is 0 Å². The third-order valence-corrected chi connectivity index (χ3v) is 6.43. The van der Waals surface area contributed by atoms with E-state index >= 15 is 0 Å². The second kappa shape index (κ2) is 6.28. The highest BCUT2D eigenvalue weighted by atomic mass is 32.2. The zero-order valence-electron chi connectivity index (χ0n) is 13.1. The van der Waals surface area contributed by atoms with Crippen LogP contribution in [0.5, 0.6) is 0 Å². The smallest absolute Gasteiger partial charge is 0.243 e. The Balaban J connectivity index is 1.93. The van der Waals surface area contributed by atoms with E-state index in [1.165, 1.54) is 0 Å². The Labute approximate surface area is 132 Å². The van der Waals surface area contributed by atoms with E-state index in [1.54, 1.807) is 16.4 Å². The van der Waals surface area contributed by atoms with Gasteiger partial charge in [0.1, 0.15) is 6.10 Å². The van der Waals surface area contributed by atoms with Crippen molar-refractivity contribution in [3.8, 4) is 0 Å². The molecule has 3 unspecified atom stereocenters. The second-order valence-electron chi connectivity index (χ2n) is 5.90. The number of rotatable bonds is 4. The van der Waals surface area contributed by atoms with Gasteiger partial charge in [-0.3, -0.25) is 0 Å². The van der Waals surface area contributed by atoms with Crippen molar-refractivity contribution >= 4 is 10.0 Å². The maximum Gasteiger partial charge on any atom is 0.243 e. The van der Waals surface area contributed by atoms with Gasteiger partial charge in [-0.1, -0.05) is 17.7 Å². The quantitative estimate of drug-likeness (QED) is 0.849. The van der Waals surface area contributed by atoms with Gasteiger partial charge < -0.3 is 9.47 Å². The van der Waals surface area contributed by atoms with E-state index < -0.39 is 10.0 Å². The molecule has 0 amide bonds. The molecule has 22 heavy (non-hydrogen) atoms. The Hall–Kier alpha value is -0.950. The third-order valence-electron chi connectivity index (χ3n) is 4.49. The number of fused-ring (bicyclic) bond motifs is 2. The molecule has 2 aliphatic rings. The molecule has 1 aliphatic heterocycles. The number of hydrogen-bond donors (Lipinski definition) is 0. The van der Waals surface area contributed by atoms with Crippen LogP contribution < -0.4 is 0 Å². The third kappa shape index (κ3) is 2.80. The van der Waals surface area contributed by atoms with Crippen molar-refractivity contribution in [2.24, 2.45) is 0 Å². The van der Waals surface area contributed by atoms with Gasteiger partial charge >= 0.3 is 0 Å². The molecule has 0 radical (unpaired) electrons. The van der Waals surface area contributed by atoms with Crippen LogP contribution in [0.1, 0.15) is 25.3 Å². The maximum atomic E-state index is 13.0. The summed E-state index contributed by atoms with van der Waals surface area (Å²) in [5, 5.41) is 0. The average Bonchev–Trinajstić information content (AvgIpc) is 2.75. The summed E-state index contributed by atoms with van der Waals surface area (Å²) in [6.07, 6.45) is 1.51. The molecular weight excluding hydrogens is 302 g/mol. The first-order valence-electron chi connectivity index (χ1n) is 7.85. The van der Waals surface area contributed by atoms with Crippen molar-refractivity contribution in [3.63, 3.8) is 0 Å². The molecule has 0 N–H and O–H groups in total. The van der Waals surface area contributed by atoms with Crippen molar-refractivity contribution in [3.05, 3.63) is 29.8 Å². The summed E-state index contributed by atoms with van der Waals surface area (Å²) in [4.78, 5) is 0.346. The molecule has 122 valence electrons. The Bertz CT molecular complexity index is 614. The number of sulfonamides is 1. The van der Waals surface area contributed by atoms with E-state index in [2.05, 4.69) is 0 Å². The number of aryl methyl sites for hydroxylation is 1. The average molecular weight is 325 g/mol. The Morgan fingerprint density at radius 1 is 1.27 bits per heavy atom. The molecule has 1 aromatic carbocycles. The van der Waals surface area contributed by atoms with Gasteiger partial charge in [-0.15, -0.1) is 0 Å². The van der Waals surface area contributed by atoms with Crippen LogP contribution >= 0.6 is 0 Å². The second-order valence-corrected chi connectivity index (χ2v) is 7.79. The summed E-state index contributed by atoms with van der Waals surface area (Å²) in [7, 11) is -3.51. The summed E-state index contributed by atoms with van der Waals surface area (Å²) >= 11 is 0. The molecular formula is C16H23NO4S. The summed E-state index contributed by atoms with van der Waals surface area (Å²) in [5.74, 6) is 0. The lowest BCUT2D eigenvalue weighted by Crippen LogP contribution is -2.46. The van der Waals surface area contributed by atoms with E-state index in [-0.39, 0.29) is 18.2 Å². The summed E-state index contributed by atoms with van der Waals surface area (Å²) < 4.78 is 39.2. The van der Waals surface area contributed by atoms with Gasteiger partial charge in [0.2, 0.25) is 10.0 Å². The molecule has 1 heterocycles. The molecule has 1 saturated carbocycles. The Morgan fingerprint density at radius 2 is 2.00 bits per heavy atom. The lowest BCUT2D eigenvalue weighted by Gasteiger charge is -2.30. The Morgan fingerprint density at radius 3 is 2.68 bits per heavy atom. The maximum absolute atomic E-state index is 13.0. The molecule has 0 spiro atoms. The van der Waals surface area contributed by atoms with Gasteiger partial charge in [0.15, 0.2) is 0 Å². The van der Waals surface area contributed by atoms with E-state index in [9.17, 15) is 8.42 Å². The molecule has 2 bridgehead atoms. The number of nitrogens with zero attached hydrogens (tertiary/aromatic N) is 1. The minimum Gasteiger partial charge on any atom is -0.374 e. The first-order chi connectivity index (χ1) is 10.5. The highest BCUT2D eigenvalue weighted by Gasteiger charge is 2.47. The minimum atomic E-state index is -3.51.